The van der Waals surface area contributed by atoms with Gasteiger partial charge in [0.15, 0.2) is 0 Å². The molecule has 0 aliphatic heterocycles. The molecule has 0 saturated carbocycles. The first-order valence-electron chi connectivity index (χ1n) is 39.1. The monoisotopic (exact) mass is 1200 g/mol. The van der Waals surface area contributed by atoms with E-state index in [4.69, 9.17) is 4.74 Å². The fourth-order valence-corrected chi connectivity index (χ4v) is 12.6. The van der Waals surface area contributed by atoms with Crippen molar-refractivity contribution in [2.45, 2.75) is 456 Å². The number of nitrogens with one attached hydrogen (secondary N) is 1. The molecular weight excluding hydrogens is 1040 g/mol. The standard InChI is InChI=1S/C79H153NO5/c1-3-5-7-9-11-13-15-17-19-21-22-23-30-33-36-40-43-47-51-55-59-63-67-71-77(82)76(75-81)80-78(83)72-68-64-60-56-52-48-44-41-37-34-31-28-26-24-25-27-29-32-35-38-42-46-50-54-58-62-66-70-74-85-79(84)73-69-65-61-57-53-49-45-39-20-18-16-14-12-10-8-6-4-2/h12,14,18,20,76-77,81-82H,3-11,13,15-17,19,21-75H2,1-2H3,(H,80,83)/b14-12-,20-18-. The summed E-state index contributed by atoms with van der Waals surface area (Å²) in [7, 11) is 0. The number of esters is 1. The first-order valence-corrected chi connectivity index (χ1v) is 39.1. The fourth-order valence-electron chi connectivity index (χ4n) is 12.6. The van der Waals surface area contributed by atoms with Crippen molar-refractivity contribution in [2.24, 2.45) is 0 Å². The van der Waals surface area contributed by atoms with Crippen LogP contribution < -0.4 is 5.32 Å². The third-order valence-corrected chi connectivity index (χ3v) is 18.5. The zero-order valence-electron chi connectivity index (χ0n) is 57.9. The molecule has 0 aliphatic carbocycles. The minimum Gasteiger partial charge on any atom is -0.466 e. The first-order chi connectivity index (χ1) is 42.0. The number of aliphatic hydroxyl groups is 2. The Kier molecular flexibility index (Phi) is 73.3. The van der Waals surface area contributed by atoms with Gasteiger partial charge in [-0.25, -0.2) is 0 Å². The Morgan fingerprint density at radius 2 is 0.588 bits per heavy atom. The smallest absolute Gasteiger partial charge is 0.305 e. The average molecular weight is 1200 g/mol. The number of carbonyl (C=O) groups excluding carboxylic acids is 2. The second-order valence-corrected chi connectivity index (χ2v) is 27.0. The predicted octanol–water partition coefficient (Wildman–Crippen LogP) is 25.7. The van der Waals surface area contributed by atoms with E-state index in [0.29, 0.717) is 25.9 Å². The highest BCUT2D eigenvalue weighted by Crippen LogP contribution is 2.20. The van der Waals surface area contributed by atoms with Crippen LogP contribution >= 0.6 is 0 Å². The molecule has 6 heteroatoms. The van der Waals surface area contributed by atoms with Crippen molar-refractivity contribution in [3.63, 3.8) is 0 Å². The molecule has 0 rings (SSSR count). The maximum atomic E-state index is 12.6. The number of ether oxygens (including phenoxy) is 1. The molecule has 0 fully saturated rings. The van der Waals surface area contributed by atoms with E-state index in [1.54, 1.807) is 0 Å². The van der Waals surface area contributed by atoms with Gasteiger partial charge in [-0.15, -0.1) is 0 Å². The summed E-state index contributed by atoms with van der Waals surface area (Å²) in [5.41, 5.74) is 0. The molecule has 0 aromatic carbocycles. The zero-order chi connectivity index (χ0) is 61.3. The van der Waals surface area contributed by atoms with Gasteiger partial charge < -0.3 is 20.3 Å². The number of aliphatic hydroxyl groups excluding tert-OH is 2. The number of hydrogen-bond acceptors (Lipinski definition) is 5. The van der Waals surface area contributed by atoms with Crippen LogP contribution in [0, 0.1) is 0 Å². The van der Waals surface area contributed by atoms with Gasteiger partial charge in [0, 0.05) is 12.8 Å². The van der Waals surface area contributed by atoms with Crippen LogP contribution in [0.3, 0.4) is 0 Å². The molecule has 504 valence electrons. The topological polar surface area (TPSA) is 95.9 Å². The Morgan fingerprint density at radius 3 is 0.918 bits per heavy atom. The molecule has 0 aromatic rings. The lowest BCUT2D eigenvalue weighted by atomic mass is 10.0. The highest BCUT2D eigenvalue weighted by atomic mass is 16.5. The maximum absolute atomic E-state index is 12.6. The normalized spacial score (nSPS) is 12.6. The van der Waals surface area contributed by atoms with Crippen LogP contribution in [0.5, 0.6) is 0 Å². The summed E-state index contributed by atoms with van der Waals surface area (Å²) in [5.74, 6) is -0.0142. The van der Waals surface area contributed by atoms with E-state index in [-0.39, 0.29) is 18.5 Å². The SMILES string of the molecule is CCCCC/C=C\C/C=C\CCCCCCCCCC(=O)OCCCCCCCCCCCCCCCCCCCCCCCCCCCCCCC(=O)NC(CO)C(O)CCCCCCCCCCCCCCCCCCCCCCCCC. The molecule has 85 heavy (non-hydrogen) atoms. The lowest BCUT2D eigenvalue weighted by molar-refractivity contribution is -0.143. The molecule has 0 heterocycles. The van der Waals surface area contributed by atoms with Crippen molar-refractivity contribution in [2.75, 3.05) is 13.2 Å². The molecule has 0 radical (unpaired) electrons. The molecule has 0 spiro atoms. The van der Waals surface area contributed by atoms with Crippen LogP contribution in [0.15, 0.2) is 24.3 Å². The summed E-state index contributed by atoms with van der Waals surface area (Å²) < 4.78 is 5.50. The summed E-state index contributed by atoms with van der Waals surface area (Å²) in [6.45, 7) is 4.98. The Morgan fingerprint density at radius 1 is 0.329 bits per heavy atom. The quantitative estimate of drug-likeness (QED) is 0.0320. The third-order valence-electron chi connectivity index (χ3n) is 18.5. The fraction of sp³-hybridized carbons (Fsp3) is 0.924. The average Bonchev–Trinajstić information content (AvgIpc) is 3.51. The Balaban J connectivity index is 3.34. The largest absolute Gasteiger partial charge is 0.466 e. The van der Waals surface area contributed by atoms with Gasteiger partial charge in [-0.05, 0) is 57.8 Å². The van der Waals surface area contributed by atoms with Crippen LogP contribution in [0.1, 0.15) is 444 Å². The Bertz CT molecular complexity index is 1330. The number of amides is 1. The minimum atomic E-state index is -0.663. The molecule has 0 aliphatic rings. The van der Waals surface area contributed by atoms with Crippen molar-refractivity contribution in [3.8, 4) is 0 Å². The van der Waals surface area contributed by atoms with Crippen LogP contribution in [0.4, 0.5) is 0 Å². The summed E-state index contributed by atoms with van der Waals surface area (Å²) >= 11 is 0. The summed E-state index contributed by atoms with van der Waals surface area (Å²) in [4.78, 5) is 24.7. The van der Waals surface area contributed by atoms with E-state index in [0.717, 1.165) is 51.4 Å². The van der Waals surface area contributed by atoms with Gasteiger partial charge >= 0.3 is 5.97 Å². The number of carbonyl (C=O) groups is 2. The van der Waals surface area contributed by atoms with Gasteiger partial charge in [-0.3, -0.25) is 9.59 Å². The lowest BCUT2D eigenvalue weighted by Crippen LogP contribution is -2.45. The number of unbranched alkanes of at least 4 members (excludes halogenated alkanes) is 59. The van der Waals surface area contributed by atoms with Gasteiger partial charge in [0.05, 0.1) is 25.4 Å². The van der Waals surface area contributed by atoms with E-state index in [1.165, 1.54) is 360 Å². The summed E-state index contributed by atoms with van der Waals surface area (Å²) in [6, 6.07) is -0.540. The molecule has 3 N–H and O–H groups in total. The minimum absolute atomic E-state index is 0.0121. The molecule has 0 bridgehead atoms. The Hall–Kier alpha value is -1.66. The molecular formula is C79H153NO5. The van der Waals surface area contributed by atoms with Crippen molar-refractivity contribution in [1.82, 2.24) is 5.32 Å². The van der Waals surface area contributed by atoms with Gasteiger partial charge in [0.2, 0.25) is 5.91 Å². The van der Waals surface area contributed by atoms with E-state index in [2.05, 4.69) is 43.5 Å². The number of allylic oxidation sites excluding steroid dienone is 4. The van der Waals surface area contributed by atoms with Crippen molar-refractivity contribution >= 4 is 11.9 Å². The highest BCUT2D eigenvalue weighted by Gasteiger charge is 2.20. The zero-order valence-corrected chi connectivity index (χ0v) is 57.9. The highest BCUT2D eigenvalue weighted by molar-refractivity contribution is 5.76. The molecule has 2 unspecified atom stereocenters. The molecule has 2 atom stereocenters. The van der Waals surface area contributed by atoms with Crippen molar-refractivity contribution in [3.05, 3.63) is 24.3 Å². The van der Waals surface area contributed by atoms with Gasteiger partial charge in [0.25, 0.3) is 0 Å². The van der Waals surface area contributed by atoms with E-state index in [9.17, 15) is 19.8 Å². The summed E-state index contributed by atoms with van der Waals surface area (Å²) in [6.07, 6.45) is 95.4. The first kappa shape index (κ1) is 83.3. The second-order valence-electron chi connectivity index (χ2n) is 27.0. The van der Waals surface area contributed by atoms with Crippen molar-refractivity contribution in [1.29, 1.82) is 0 Å². The van der Waals surface area contributed by atoms with E-state index < -0.39 is 12.1 Å². The maximum Gasteiger partial charge on any atom is 0.305 e. The predicted molar refractivity (Wildman–Crippen MR) is 375 cm³/mol. The van der Waals surface area contributed by atoms with E-state index in [1.807, 2.05) is 0 Å². The lowest BCUT2D eigenvalue weighted by Gasteiger charge is -2.22. The van der Waals surface area contributed by atoms with Gasteiger partial charge in [0.1, 0.15) is 0 Å². The van der Waals surface area contributed by atoms with E-state index >= 15 is 0 Å². The molecule has 1 amide bonds. The van der Waals surface area contributed by atoms with Crippen molar-refractivity contribution < 1.29 is 24.5 Å². The van der Waals surface area contributed by atoms with Crippen LogP contribution in [-0.4, -0.2) is 47.4 Å². The third kappa shape index (κ3) is 71.3. The Labute approximate surface area is 532 Å². The summed E-state index contributed by atoms with van der Waals surface area (Å²) in [5, 5.41) is 23.5. The molecule has 0 aromatic heterocycles. The van der Waals surface area contributed by atoms with Crippen LogP contribution in [0.25, 0.3) is 0 Å². The second kappa shape index (κ2) is 74.8. The van der Waals surface area contributed by atoms with Crippen LogP contribution in [0.2, 0.25) is 0 Å². The molecule has 6 nitrogen and oxygen atoms in total. The number of rotatable bonds is 74. The molecule has 0 saturated heterocycles. The van der Waals surface area contributed by atoms with Crippen LogP contribution in [-0.2, 0) is 14.3 Å². The number of hydrogen-bond donors (Lipinski definition) is 3. The van der Waals surface area contributed by atoms with Gasteiger partial charge in [-0.2, -0.15) is 0 Å². The van der Waals surface area contributed by atoms with Gasteiger partial charge in [-0.1, -0.05) is 398 Å².